The second-order valence-electron chi connectivity index (χ2n) is 5.99. The Morgan fingerprint density at radius 3 is 2.76 bits per heavy atom. The molecule has 6 heteroatoms. The number of nitrogens with one attached hydrogen (secondary N) is 1. The van der Waals surface area contributed by atoms with Gasteiger partial charge in [0, 0.05) is 12.6 Å². The van der Waals surface area contributed by atoms with Crippen LogP contribution in [0.5, 0.6) is 0 Å². The summed E-state index contributed by atoms with van der Waals surface area (Å²) < 4.78 is 19.2. The van der Waals surface area contributed by atoms with Gasteiger partial charge in [-0.2, -0.15) is 0 Å². The topological polar surface area (TPSA) is 41.3 Å². The third kappa shape index (κ3) is 2.38. The number of aryl methyl sites for hydroxylation is 1. The van der Waals surface area contributed by atoms with Gasteiger partial charge in [-0.05, 0) is 50.4 Å². The van der Waals surface area contributed by atoms with E-state index in [-0.39, 0.29) is 23.8 Å². The fraction of sp³-hybridized carbons (Fsp3) is 0.533. The number of hydrogen-bond acceptors (Lipinski definition) is 4. The van der Waals surface area contributed by atoms with Crippen LogP contribution >= 0.6 is 12.4 Å². The van der Waals surface area contributed by atoms with E-state index in [1.165, 1.54) is 25.9 Å². The van der Waals surface area contributed by atoms with Crippen LogP contribution < -0.4 is 5.32 Å². The first-order valence-corrected chi connectivity index (χ1v) is 7.26. The van der Waals surface area contributed by atoms with Gasteiger partial charge in [0.05, 0.1) is 5.39 Å². The Hall–Kier alpha value is -1.33. The van der Waals surface area contributed by atoms with Crippen LogP contribution in [0.15, 0.2) is 16.7 Å². The molecular weight excluding hydrogens is 293 g/mol. The summed E-state index contributed by atoms with van der Waals surface area (Å²) in [6.07, 6.45) is 2.47. The molecule has 4 heterocycles. The lowest BCUT2D eigenvalue weighted by Gasteiger charge is -2.44. The van der Waals surface area contributed by atoms with Gasteiger partial charge in [0.2, 0.25) is 5.58 Å². The molecule has 21 heavy (non-hydrogen) atoms. The van der Waals surface area contributed by atoms with E-state index >= 15 is 0 Å². The summed E-state index contributed by atoms with van der Waals surface area (Å²) in [7, 11) is 0. The number of hydrogen-bond donors (Lipinski definition) is 1. The normalized spacial score (nSPS) is 27.6. The molecule has 1 N–H and O–H groups in total. The Balaban J connectivity index is 0.00000132. The maximum atomic E-state index is 14.0. The lowest BCUT2D eigenvalue weighted by molar-refractivity contribution is 0.0973. The number of nitrogens with zero attached hydrogens (tertiary/aromatic N) is 2. The molecule has 114 valence electrons. The summed E-state index contributed by atoms with van der Waals surface area (Å²) in [5, 5.41) is 8.24. The van der Waals surface area contributed by atoms with E-state index in [4.69, 9.17) is 4.52 Å². The van der Waals surface area contributed by atoms with E-state index in [0.717, 1.165) is 11.9 Å². The lowest BCUT2D eigenvalue weighted by Crippen LogP contribution is -2.53. The standard InChI is InChI=1S/C15H18FN3O.ClH/c1-9-2-3-11-14(13(9)16)20-18-15(11)17-12-8-19-6-4-10(12)5-7-19;/h2-3,10,12H,4-8H2,1H3,(H,17,18);1H/t12-;/m0./s1. The molecule has 0 aliphatic carbocycles. The van der Waals surface area contributed by atoms with Crippen LogP contribution in [0.3, 0.4) is 0 Å². The second kappa shape index (κ2) is 5.46. The largest absolute Gasteiger partial charge is 0.362 e. The molecular formula is C15H19ClFN3O. The first-order chi connectivity index (χ1) is 9.72. The van der Waals surface area contributed by atoms with Crippen molar-refractivity contribution in [1.82, 2.24) is 10.1 Å². The maximum Gasteiger partial charge on any atom is 0.204 e. The van der Waals surface area contributed by atoms with Crippen molar-refractivity contribution in [3.05, 3.63) is 23.5 Å². The third-order valence-corrected chi connectivity index (χ3v) is 4.75. The smallest absolute Gasteiger partial charge is 0.204 e. The molecule has 3 saturated heterocycles. The van der Waals surface area contributed by atoms with Crippen LogP contribution in [-0.4, -0.2) is 35.7 Å². The maximum absolute atomic E-state index is 14.0. The minimum Gasteiger partial charge on any atom is -0.362 e. The van der Waals surface area contributed by atoms with Gasteiger partial charge in [-0.15, -0.1) is 12.4 Å². The zero-order chi connectivity index (χ0) is 13.7. The summed E-state index contributed by atoms with van der Waals surface area (Å²) in [4.78, 5) is 2.48. The van der Waals surface area contributed by atoms with Crippen molar-refractivity contribution in [1.29, 1.82) is 0 Å². The van der Waals surface area contributed by atoms with Gasteiger partial charge in [-0.1, -0.05) is 11.2 Å². The second-order valence-corrected chi connectivity index (χ2v) is 5.99. The molecule has 4 nitrogen and oxygen atoms in total. The van der Waals surface area contributed by atoms with Crippen LogP contribution in [0.1, 0.15) is 18.4 Å². The number of benzene rings is 1. The monoisotopic (exact) mass is 311 g/mol. The number of aromatic nitrogens is 1. The van der Waals surface area contributed by atoms with Gasteiger partial charge in [0.1, 0.15) is 0 Å². The van der Waals surface area contributed by atoms with Crippen LogP contribution in [0.4, 0.5) is 10.2 Å². The van der Waals surface area contributed by atoms with Crippen LogP contribution in [0, 0.1) is 18.7 Å². The zero-order valence-electron chi connectivity index (χ0n) is 11.9. The van der Waals surface area contributed by atoms with Gasteiger partial charge >= 0.3 is 0 Å². The van der Waals surface area contributed by atoms with Gasteiger partial charge in [0.15, 0.2) is 11.6 Å². The summed E-state index contributed by atoms with van der Waals surface area (Å²) in [5.74, 6) is 1.07. The van der Waals surface area contributed by atoms with Crippen molar-refractivity contribution in [2.24, 2.45) is 5.92 Å². The molecule has 3 fully saturated rings. The van der Waals surface area contributed by atoms with Crippen molar-refractivity contribution in [2.45, 2.75) is 25.8 Å². The highest BCUT2D eigenvalue weighted by Crippen LogP contribution is 2.32. The van der Waals surface area contributed by atoms with Crippen molar-refractivity contribution in [3.63, 3.8) is 0 Å². The van der Waals surface area contributed by atoms with Gasteiger partial charge in [-0.3, -0.25) is 0 Å². The summed E-state index contributed by atoms with van der Waals surface area (Å²) in [5.41, 5.74) is 0.844. The first-order valence-electron chi connectivity index (χ1n) is 7.26. The Morgan fingerprint density at radius 2 is 2.10 bits per heavy atom. The minimum atomic E-state index is -0.308. The number of fused-ring (bicyclic) bond motifs is 4. The van der Waals surface area contributed by atoms with Crippen LogP contribution in [0.2, 0.25) is 0 Å². The van der Waals surface area contributed by atoms with E-state index in [1.807, 2.05) is 6.07 Å². The average Bonchev–Trinajstić information content (AvgIpc) is 2.88. The molecule has 2 bridgehead atoms. The Bertz CT molecular complexity index is 652. The molecule has 2 aromatic rings. The van der Waals surface area contributed by atoms with E-state index < -0.39 is 0 Å². The number of anilines is 1. The average molecular weight is 312 g/mol. The van der Waals surface area contributed by atoms with Gasteiger partial charge in [0.25, 0.3) is 0 Å². The van der Waals surface area contributed by atoms with Crippen LogP contribution in [-0.2, 0) is 0 Å². The van der Waals surface area contributed by atoms with Crippen LogP contribution in [0.25, 0.3) is 11.0 Å². The van der Waals surface area contributed by atoms with Crippen molar-refractivity contribution < 1.29 is 8.91 Å². The van der Waals surface area contributed by atoms with E-state index in [0.29, 0.717) is 23.3 Å². The predicted molar refractivity (Wildman–Crippen MR) is 82.5 cm³/mol. The highest BCUT2D eigenvalue weighted by molar-refractivity contribution is 5.89. The zero-order valence-corrected chi connectivity index (χ0v) is 12.8. The SMILES string of the molecule is Cc1ccc2c(N[C@H]3CN4CCC3CC4)noc2c1F.Cl. The fourth-order valence-corrected chi connectivity index (χ4v) is 3.48. The molecule has 1 atom stereocenters. The molecule has 1 aromatic carbocycles. The summed E-state index contributed by atoms with van der Waals surface area (Å²) in [6.45, 7) is 5.19. The molecule has 5 rings (SSSR count). The van der Waals surface area contributed by atoms with Gasteiger partial charge in [-0.25, -0.2) is 4.39 Å². The summed E-state index contributed by atoms with van der Waals surface area (Å²) in [6, 6.07) is 4.06. The Labute approximate surface area is 129 Å². The summed E-state index contributed by atoms with van der Waals surface area (Å²) >= 11 is 0. The minimum absolute atomic E-state index is 0. The van der Waals surface area contributed by atoms with E-state index in [1.54, 1.807) is 13.0 Å². The molecule has 3 aliphatic rings. The number of halogens is 2. The molecule has 1 aromatic heterocycles. The molecule has 0 radical (unpaired) electrons. The Kier molecular flexibility index (Phi) is 3.80. The molecule has 0 saturated carbocycles. The molecule has 3 aliphatic heterocycles. The third-order valence-electron chi connectivity index (χ3n) is 4.75. The predicted octanol–water partition coefficient (Wildman–Crippen LogP) is 3.20. The highest BCUT2D eigenvalue weighted by Gasteiger charge is 2.34. The lowest BCUT2D eigenvalue weighted by atomic mass is 9.84. The first kappa shape index (κ1) is 14.6. The number of rotatable bonds is 2. The van der Waals surface area contributed by atoms with Crippen molar-refractivity contribution in [2.75, 3.05) is 25.0 Å². The molecule has 0 amide bonds. The highest BCUT2D eigenvalue weighted by atomic mass is 35.5. The van der Waals surface area contributed by atoms with Gasteiger partial charge < -0.3 is 14.7 Å². The Morgan fingerprint density at radius 1 is 1.33 bits per heavy atom. The molecule has 0 unspecified atom stereocenters. The quantitative estimate of drug-likeness (QED) is 0.924. The van der Waals surface area contributed by atoms with Crippen molar-refractivity contribution >= 4 is 29.2 Å². The van der Waals surface area contributed by atoms with E-state index in [2.05, 4.69) is 15.4 Å². The fourth-order valence-electron chi connectivity index (χ4n) is 3.48. The molecule has 0 spiro atoms. The van der Waals surface area contributed by atoms with Crippen molar-refractivity contribution in [3.8, 4) is 0 Å². The van der Waals surface area contributed by atoms with E-state index in [9.17, 15) is 4.39 Å². The number of piperidine rings is 3.